The molecule has 1 aliphatic carbocycles. The Balaban J connectivity index is 1.72. The van der Waals surface area contributed by atoms with E-state index in [0.29, 0.717) is 29.5 Å². The first-order valence-electron chi connectivity index (χ1n) is 9.42. The number of anilines is 1. The number of esters is 1. The molecule has 28 heavy (non-hydrogen) atoms. The summed E-state index contributed by atoms with van der Waals surface area (Å²) in [5.41, 5.74) is 0.298. The van der Waals surface area contributed by atoms with Crippen molar-refractivity contribution in [3.05, 3.63) is 35.7 Å². The molecule has 0 bridgehead atoms. The van der Waals surface area contributed by atoms with Crippen molar-refractivity contribution in [2.45, 2.75) is 38.1 Å². The second kappa shape index (κ2) is 8.86. The molecule has 8 heteroatoms. The number of nitrogens with one attached hydrogen (secondary N) is 1. The first-order chi connectivity index (χ1) is 13.5. The zero-order chi connectivity index (χ0) is 20.1. The number of rotatable bonds is 7. The molecule has 1 atom stereocenters. The minimum atomic E-state index is -0.596. The van der Waals surface area contributed by atoms with Gasteiger partial charge in [0.05, 0.1) is 26.3 Å². The van der Waals surface area contributed by atoms with Crippen LogP contribution in [0.15, 0.2) is 30.2 Å². The first kappa shape index (κ1) is 19.9. The highest BCUT2D eigenvalue weighted by molar-refractivity contribution is 6.00. The van der Waals surface area contributed by atoms with Gasteiger partial charge >= 0.3 is 5.97 Å². The molecule has 2 aliphatic rings. The minimum Gasteiger partial charge on any atom is -0.499 e. The van der Waals surface area contributed by atoms with Gasteiger partial charge in [-0.2, -0.15) is 0 Å². The molecule has 1 saturated carbocycles. The van der Waals surface area contributed by atoms with Crippen molar-refractivity contribution in [2.24, 2.45) is 5.92 Å². The second-order valence-electron chi connectivity index (χ2n) is 7.10. The summed E-state index contributed by atoms with van der Waals surface area (Å²) in [7, 11) is 2.81. The van der Waals surface area contributed by atoms with Crippen molar-refractivity contribution in [2.75, 3.05) is 26.1 Å². The van der Waals surface area contributed by atoms with E-state index in [2.05, 4.69) is 15.0 Å². The molecule has 3 rings (SSSR count). The molecule has 2 amide bonds. The van der Waals surface area contributed by atoms with Crippen LogP contribution in [0.5, 0.6) is 0 Å². The number of hydrogen-bond acceptors (Lipinski definition) is 6. The Hall–Kier alpha value is -2.90. The number of hydrogen-bond donors (Lipinski definition) is 1. The third kappa shape index (κ3) is 4.49. The van der Waals surface area contributed by atoms with Gasteiger partial charge in [0.15, 0.2) is 0 Å². The maximum Gasteiger partial charge on any atom is 0.339 e. The van der Waals surface area contributed by atoms with Gasteiger partial charge in [-0.05, 0) is 24.5 Å². The van der Waals surface area contributed by atoms with Crippen molar-refractivity contribution in [3.8, 4) is 0 Å². The van der Waals surface area contributed by atoms with E-state index < -0.39 is 12.0 Å². The Labute approximate surface area is 163 Å². The third-order valence-electron chi connectivity index (χ3n) is 5.30. The Morgan fingerprint density at radius 3 is 2.61 bits per heavy atom. The first-order valence-corrected chi connectivity index (χ1v) is 9.42. The predicted octanol–water partition coefficient (Wildman–Crippen LogP) is 2.13. The molecule has 0 aromatic carbocycles. The molecular weight excluding hydrogens is 362 g/mol. The zero-order valence-corrected chi connectivity index (χ0v) is 16.1. The lowest BCUT2D eigenvalue weighted by Gasteiger charge is -2.29. The molecule has 1 fully saturated rings. The van der Waals surface area contributed by atoms with Crippen LogP contribution in [-0.2, 0) is 19.1 Å². The molecule has 8 nitrogen and oxygen atoms in total. The summed E-state index contributed by atoms with van der Waals surface area (Å²) in [6.45, 7) is 0.287. The summed E-state index contributed by atoms with van der Waals surface area (Å²) in [5, 5.41) is 2.77. The van der Waals surface area contributed by atoms with Gasteiger partial charge in [-0.3, -0.25) is 9.59 Å². The van der Waals surface area contributed by atoms with E-state index in [1.54, 1.807) is 11.0 Å². The largest absolute Gasteiger partial charge is 0.499 e. The topological polar surface area (TPSA) is 97.8 Å². The summed E-state index contributed by atoms with van der Waals surface area (Å²) >= 11 is 0. The van der Waals surface area contributed by atoms with Gasteiger partial charge in [-0.25, -0.2) is 9.78 Å². The highest BCUT2D eigenvalue weighted by Crippen LogP contribution is 2.31. The normalized spacial score (nSPS) is 18.0. The monoisotopic (exact) mass is 387 g/mol. The lowest BCUT2D eigenvalue weighted by atomic mass is 9.96. The van der Waals surface area contributed by atoms with Crippen LogP contribution in [-0.4, -0.2) is 54.5 Å². The van der Waals surface area contributed by atoms with Crippen LogP contribution in [0.1, 0.15) is 42.5 Å². The maximum absolute atomic E-state index is 13.0. The second-order valence-corrected chi connectivity index (χ2v) is 7.10. The van der Waals surface area contributed by atoms with E-state index in [0.717, 1.165) is 25.7 Å². The van der Waals surface area contributed by atoms with Crippen LogP contribution >= 0.6 is 0 Å². The molecule has 1 aliphatic heterocycles. The van der Waals surface area contributed by atoms with Gasteiger partial charge in [0, 0.05) is 12.3 Å². The average molecular weight is 387 g/mol. The number of carbonyl (C=O) groups excluding carboxylic acids is 3. The van der Waals surface area contributed by atoms with Crippen molar-refractivity contribution < 1.29 is 23.9 Å². The van der Waals surface area contributed by atoms with Crippen molar-refractivity contribution in [1.82, 2.24) is 9.88 Å². The fourth-order valence-electron chi connectivity index (χ4n) is 3.75. The molecule has 1 aromatic rings. The fraction of sp³-hybridized carbons (Fsp3) is 0.500. The molecule has 2 heterocycles. The maximum atomic E-state index is 13.0. The predicted molar refractivity (Wildman–Crippen MR) is 101 cm³/mol. The van der Waals surface area contributed by atoms with Crippen molar-refractivity contribution in [1.29, 1.82) is 0 Å². The average Bonchev–Trinajstić information content (AvgIpc) is 3.35. The van der Waals surface area contributed by atoms with E-state index in [4.69, 9.17) is 4.74 Å². The van der Waals surface area contributed by atoms with Gasteiger partial charge in [0.25, 0.3) is 5.91 Å². The SMILES string of the molecule is COC(=O)c1ccc(NC(=O)C(CC2CCCC2)N2CC(OC)=CC2=O)nc1. The van der Waals surface area contributed by atoms with E-state index >= 15 is 0 Å². The number of aromatic nitrogens is 1. The molecule has 0 spiro atoms. The van der Waals surface area contributed by atoms with Gasteiger partial charge < -0.3 is 19.7 Å². The Morgan fingerprint density at radius 2 is 2.04 bits per heavy atom. The molecule has 150 valence electrons. The number of carbonyl (C=O) groups is 3. The Bertz CT molecular complexity index is 769. The van der Waals surface area contributed by atoms with Crippen molar-refractivity contribution in [3.63, 3.8) is 0 Å². The standard InChI is InChI=1S/C20H25N3O5/c1-27-15-10-18(24)23(12-15)16(9-13-5-3-4-6-13)19(25)22-17-8-7-14(11-21-17)20(26)28-2/h7-8,10-11,13,16H,3-6,9,12H2,1-2H3,(H,21,22,25). The summed E-state index contributed by atoms with van der Waals surface area (Å²) < 4.78 is 9.83. The molecule has 0 radical (unpaired) electrons. The Kier molecular flexibility index (Phi) is 6.28. The van der Waals surface area contributed by atoms with Gasteiger partial charge in [0.2, 0.25) is 5.91 Å². The quantitative estimate of drug-likeness (QED) is 0.720. The number of pyridine rings is 1. The van der Waals surface area contributed by atoms with Crippen LogP contribution in [0, 0.1) is 5.92 Å². The molecule has 1 N–H and O–H groups in total. The van der Waals surface area contributed by atoms with Crippen LogP contribution < -0.4 is 5.32 Å². The summed E-state index contributed by atoms with van der Waals surface area (Å²) in [6, 6.07) is 2.48. The summed E-state index contributed by atoms with van der Waals surface area (Å²) in [6.07, 6.45) is 7.85. The zero-order valence-electron chi connectivity index (χ0n) is 16.1. The summed E-state index contributed by atoms with van der Waals surface area (Å²) in [4.78, 5) is 42.6. The Morgan fingerprint density at radius 1 is 1.29 bits per heavy atom. The smallest absolute Gasteiger partial charge is 0.339 e. The molecule has 0 saturated heterocycles. The highest BCUT2D eigenvalue weighted by Gasteiger charge is 2.36. The van der Waals surface area contributed by atoms with E-state index in [1.165, 1.54) is 32.6 Å². The fourth-order valence-corrected chi connectivity index (χ4v) is 3.75. The van der Waals surface area contributed by atoms with Gasteiger partial charge in [0.1, 0.15) is 17.6 Å². The molecule has 1 aromatic heterocycles. The van der Waals surface area contributed by atoms with Crippen LogP contribution in [0.25, 0.3) is 0 Å². The number of amides is 2. The van der Waals surface area contributed by atoms with Gasteiger partial charge in [-0.15, -0.1) is 0 Å². The molecular formula is C20H25N3O5. The van der Waals surface area contributed by atoms with Gasteiger partial charge in [-0.1, -0.05) is 25.7 Å². The molecule has 1 unspecified atom stereocenters. The van der Waals surface area contributed by atoms with E-state index in [-0.39, 0.29) is 18.4 Å². The minimum absolute atomic E-state index is 0.219. The summed E-state index contributed by atoms with van der Waals surface area (Å²) in [5.74, 6) is 0.291. The lowest BCUT2D eigenvalue weighted by Crippen LogP contribution is -2.46. The van der Waals surface area contributed by atoms with Crippen LogP contribution in [0.4, 0.5) is 5.82 Å². The highest BCUT2D eigenvalue weighted by atomic mass is 16.5. The lowest BCUT2D eigenvalue weighted by molar-refractivity contribution is -0.134. The van der Waals surface area contributed by atoms with Crippen LogP contribution in [0.3, 0.4) is 0 Å². The van der Waals surface area contributed by atoms with E-state index in [9.17, 15) is 14.4 Å². The van der Waals surface area contributed by atoms with Crippen molar-refractivity contribution >= 4 is 23.6 Å². The number of methoxy groups -OCH3 is 2. The third-order valence-corrected chi connectivity index (χ3v) is 5.30. The van der Waals surface area contributed by atoms with Crippen LogP contribution in [0.2, 0.25) is 0 Å². The number of nitrogens with zero attached hydrogens (tertiary/aromatic N) is 2. The van der Waals surface area contributed by atoms with E-state index in [1.807, 2.05) is 0 Å². The number of ether oxygens (including phenoxy) is 2.